The topological polar surface area (TPSA) is 56.3 Å². The summed E-state index contributed by atoms with van der Waals surface area (Å²) < 4.78 is 36.7. The van der Waals surface area contributed by atoms with Crippen molar-refractivity contribution in [3.63, 3.8) is 0 Å². The maximum Gasteiger partial charge on any atom is 0.268 e. The highest BCUT2D eigenvalue weighted by atomic mass is 19.2. The van der Waals surface area contributed by atoms with Crippen molar-refractivity contribution in [3.8, 4) is 17.4 Å². The van der Waals surface area contributed by atoms with Crippen molar-refractivity contribution in [2.75, 3.05) is 19.0 Å². The number of aromatic nitrogens is 2. The minimum absolute atomic E-state index is 0.118. The van der Waals surface area contributed by atoms with Gasteiger partial charge in [-0.1, -0.05) is 6.92 Å². The largest absolute Gasteiger partial charge is 0.489 e. The molecule has 0 bridgehead atoms. The van der Waals surface area contributed by atoms with Crippen molar-refractivity contribution in [2.45, 2.75) is 13.3 Å². The normalized spacial score (nSPS) is 10.3. The van der Waals surface area contributed by atoms with E-state index in [2.05, 4.69) is 15.3 Å². The second-order valence-corrected chi connectivity index (χ2v) is 4.17. The molecule has 2 aromatic rings. The van der Waals surface area contributed by atoms with Gasteiger partial charge < -0.3 is 14.8 Å². The van der Waals surface area contributed by atoms with Crippen LogP contribution in [0.15, 0.2) is 24.5 Å². The first-order chi connectivity index (χ1) is 10.2. The van der Waals surface area contributed by atoms with E-state index in [0.29, 0.717) is 18.1 Å². The number of methoxy groups -OCH3 is 1. The van der Waals surface area contributed by atoms with Crippen molar-refractivity contribution in [1.29, 1.82) is 0 Å². The van der Waals surface area contributed by atoms with Gasteiger partial charge in [0, 0.05) is 12.6 Å². The molecule has 0 saturated carbocycles. The van der Waals surface area contributed by atoms with Gasteiger partial charge >= 0.3 is 0 Å². The van der Waals surface area contributed by atoms with Crippen molar-refractivity contribution >= 4 is 5.82 Å². The third-order valence-electron chi connectivity index (χ3n) is 2.62. The molecule has 0 radical (unpaired) electrons. The van der Waals surface area contributed by atoms with Gasteiger partial charge in [-0.15, -0.1) is 0 Å². The molecule has 112 valence electrons. The highest BCUT2D eigenvalue weighted by Crippen LogP contribution is 2.34. The molecule has 0 unspecified atom stereocenters. The number of hydrogen-bond donors (Lipinski definition) is 1. The van der Waals surface area contributed by atoms with Crippen LogP contribution in [-0.2, 0) is 0 Å². The molecule has 0 aliphatic rings. The highest BCUT2D eigenvalue weighted by molar-refractivity contribution is 5.55. The fourth-order valence-electron chi connectivity index (χ4n) is 1.64. The minimum atomic E-state index is -0.996. The predicted octanol–water partition coefficient (Wildman–Crippen LogP) is 3.38. The van der Waals surface area contributed by atoms with E-state index in [1.165, 1.54) is 19.5 Å². The van der Waals surface area contributed by atoms with E-state index >= 15 is 0 Å². The molecule has 0 aliphatic carbocycles. The van der Waals surface area contributed by atoms with Crippen LogP contribution in [0.25, 0.3) is 0 Å². The molecule has 7 heteroatoms. The Morgan fingerprint density at radius 1 is 1.19 bits per heavy atom. The van der Waals surface area contributed by atoms with Crippen LogP contribution in [0.1, 0.15) is 13.3 Å². The first-order valence-corrected chi connectivity index (χ1v) is 6.41. The second-order valence-electron chi connectivity index (χ2n) is 4.17. The molecule has 0 fully saturated rings. The second kappa shape index (κ2) is 6.83. The van der Waals surface area contributed by atoms with Crippen LogP contribution < -0.4 is 14.8 Å². The quantitative estimate of drug-likeness (QED) is 0.885. The number of rotatable bonds is 6. The first-order valence-electron chi connectivity index (χ1n) is 6.41. The number of halogens is 2. The lowest BCUT2D eigenvalue weighted by molar-refractivity contribution is 0.367. The maximum atomic E-state index is 13.2. The Hall–Kier alpha value is -2.44. The third kappa shape index (κ3) is 3.56. The Kier molecular flexibility index (Phi) is 4.86. The van der Waals surface area contributed by atoms with E-state index in [9.17, 15) is 8.78 Å². The van der Waals surface area contributed by atoms with Crippen LogP contribution in [0.5, 0.6) is 17.4 Å². The average molecular weight is 295 g/mol. The highest BCUT2D eigenvalue weighted by Gasteiger charge is 2.14. The number of anilines is 1. The van der Waals surface area contributed by atoms with E-state index in [0.717, 1.165) is 18.6 Å². The monoisotopic (exact) mass is 295 g/mol. The Labute approximate surface area is 120 Å². The van der Waals surface area contributed by atoms with Crippen molar-refractivity contribution in [2.24, 2.45) is 0 Å². The maximum absolute atomic E-state index is 13.2. The lowest BCUT2D eigenvalue weighted by Gasteiger charge is -2.13. The Morgan fingerprint density at radius 3 is 2.67 bits per heavy atom. The average Bonchev–Trinajstić information content (AvgIpc) is 2.49. The fourth-order valence-corrected chi connectivity index (χ4v) is 1.64. The summed E-state index contributed by atoms with van der Waals surface area (Å²) in [5.74, 6) is -0.917. The lowest BCUT2D eigenvalue weighted by Crippen LogP contribution is -2.06. The zero-order valence-corrected chi connectivity index (χ0v) is 11.7. The summed E-state index contributed by atoms with van der Waals surface area (Å²) in [5.41, 5.74) is 0. The summed E-state index contributed by atoms with van der Waals surface area (Å²) in [6.07, 6.45) is 2.21. The summed E-state index contributed by atoms with van der Waals surface area (Å²) in [6, 6.07) is 3.23. The number of nitrogens with zero attached hydrogens (tertiary/aromatic N) is 2. The summed E-state index contributed by atoms with van der Waals surface area (Å²) in [4.78, 5) is 8.01. The predicted molar refractivity (Wildman–Crippen MR) is 73.8 cm³/mol. The molecule has 0 amide bonds. The molecule has 1 heterocycles. The van der Waals surface area contributed by atoms with Crippen LogP contribution >= 0.6 is 0 Å². The zero-order chi connectivity index (χ0) is 15.2. The standard InChI is InChI=1S/C14H15F2N3O2/c1-3-6-17-13-12(20-2)14(19-8-18-13)21-9-4-5-10(15)11(16)7-9/h4-5,7-8H,3,6H2,1-2H3,(H,17,18,19). The Balaban J connectivity index is 2.28. The van der Waals surface area contributed by atoms with E-state index in [1.54, 1.807) is 0 Å². The van der Waals surface area contributed by atoms with Gasteiger partial charge in [0.1, 0.15) is 12.1 Å². The Morgan fingerprint density at radius 2 is 2.00 bits per heavy atom. The van der Waals surface area contributed by atoms with Gasteiger partial charge in [0.15, 0.2) is 17.5 Å². The molecule has 0 saturated heterocycles. The van der Waals surface area contributed by atoms with Crippen LogP contribution in [0.2, 0.25) is 0 Å². The van der Waals surface area contributed by atoms with Gasteiger partial charge in [0.25, 0.3) is 5.88 Å². The molecular formula is C14H15F2N3O2. The third-order valence-corrected chi connectivity index (χ3v) is 2.62. The first kappa shape index (κ1) is 15.0. The number of nitrogens with one attached hydrogen (secondary N) is 1. The molecular weight excluding hydrogens is 280 g/mol. The van der Waals surface area contributed by atoms with Gasteiger partial charge in [-0.2, -0.15) is 4.98 Å². The lowest BCUT2D eigenvalue weighted by atomic mass is 10.3. The molecule has 21 heavy (non-hydrogen) atoms. The molecule has 1 N–H and O–H groups in total. The van der Waals surface area contributed by atoms with E-state index in [-0.39, 0.29) is 11.6 Å². The molecule has 0 atom stereocenters. The summed E-state index contributed by atoms with van der Waals surface area (Å²) in [5, 5.41) is 3.07. The van der Waals surface area contributed by atoms with Crippen molar-refractivity contribution in [1.82, 2.24) is 9.97 Å². The SMILES string of the molecule is CCCNc1ncnc(Oc2ccc(F)c(F)c2)c1OC. The molecule has 2 rings (SSSR count). The molecule has 1 aromatic carbocycles. The molecule has 0 aliphatic heterocycles. The van der Waals surface area contributed by atoms with Gasteiger partial charge in [0.05, 0.1) is 7.11 Å². The zero-order valence-electron chi connectivity index (χ0n) is 11.7. The van der Waals surface area contributed by atoms with Crippen molar-refractivity contribution < 1.29 is 18.3 Å². The summed E-state index contributed by atoms with van der Waals surface area (Å²) >= 11 is 0. The smallest absolute Gasteiger partial charge is 0.268 e. The summed E-state index contributed by atoms with van der Waals surface area (Å²) in [7, 11) is 1.45. The van der Waals surface area contributed by atoms with Crippen LogP contribution in [0.4, 0.5) is 14.6 Å². The van der Waals surface area contributed by atoms with E-state index in [1.807, 2.05) is 6.92 Å². The number of ether oxygens (including phenoxy) is 2. The molecule has 0 spiro atoms. The number of benzene rings is 1. The van der Waals surface area contributed by atoms with Gasteiger partial charge in [-0.25, -0.2) is 13.8 Å². The van der Waals surface area contributed by atoms with Crippen LogP contribution in [0, 0.1) is 11.6 Å². The van der Waals surface area contributed by atoms with Crippen molar-refractivity contribution in [3.05, 3.63) is 36.2 Å². The van der Waals surface area contributed by atoms with Crippen LogP contribution in [-0.4, -0.2) is 23.6 Å². The van der Waals surface area contributed by atoms with E-state index < -0.39 is 11.6 Å². The van der Waals surface area contributed by atoms with E-state index in [4.69, 9.17) is 9.47 Å². The number of hydrogen-bond acceptors (Lipinski definition) is 5. The fraction of sp³-hybridized carbons (Fsp3) is 0.286. The van der Waals surface area contributed by atoms with Crippen LogP contribution in [0.3, 0.4) is 0 Å². The summed E-state index contributed by atoms with van der Waals surface area (Å²) in [6.45, 7) is 2.72. The Bertz CT molecular complexity index is 623. The molecule has 5 nitrogen and oxygen atoms in total. The van der Waals surface area contributed by atoms with Gasteiger partial charge in [-0.3, -0.25) is 0 Å². The van der Waals surface area contributed by atoms with Gasteiger partial charge in [-0.05, 0) is 18.6 Å². The van der Waals surface area contributed by atoms with Gasteiger partial charge in [0.2, 0.25) is 5.75 Å². The molecule has 1 aromatic heterocycles. The minimum Gasteiger partial charge on any atom is -0.489 e.